The number of rotatable bonds is 5. The van der Waals surface area contributed by atoms with Crippen LogP contribution < -0.4 is 10.6 Å². The Labute approximate surface area is 169 Å². The van der Waals surface area contributed by atoms with Gasteiger partial charge in [-0.3, -0.25) is 9.88 Å². The van der Waals surface area contributed by atoms with E-state index in [4.69, 9.17) is 4.99 Å². The molecule has 2 heterocycles. The summed E-state index contributed by atoms with van der Waals surface area (Å²) < 4.78 is 0. The molecule has 6 heteroatoms. The van der Waals surface area contributed by atoms with Gasteiger partial charge in [-0.1, -0.05) is 18.9 Å². The van der Waals surface area contributed by atoms with Gasteiger partial charge in [0.15, 0.2) is 5.96 Å². The molecule has 1 aliphatic heterocycles. The monoisotopic (exact) mass is 457 g/mol. The number of aryl methyl sites for hydroxylation is 1. The van der Waals surface area contributed by atoms with E-state index in [0.29, 0.717) is 12.6 Å². The number of hydrogen-bond acceptors (Lipinski definition) is 3. The number of likely N-dealkylation sites (tertiary alicyclic amines) is 1. The molecule has 2 N–H and O–H groups in total. The zero-order valence-corrected chi connectivity index (χ0v) is 17.8. The number of halogens is 1. The van der Waals surface area contributed by atoms with E-state index in [2.05, 4.69) is 27.4 Å². The molecule has 1 unspecified atom stereocenters. The average molecular weight is 457 g/mol. The van der Waals surface area contributed by atoms with Gasteiger partial charge >= 0.3 is 0 Å². The first-order chi connectivity index (χ1) is 11.7. The van der Waals surface area contributed by atoms with E-state index in [1.807, 2.05) is 25.1 Å². The fraction of sp³-hybridized carbons (Fsp3) is 0.684. The SMILES string of the molecule is CCNC(=NCc1cccc(C)n1)NC1CCN(C2CCCC2)C1.I. The molecule has 1 aliphatic carbocycles. The second-order valence-corrected chi connectivity index (χ2v) is 7.03. The largest absolute Gasteiger partial charge is 0.357 e. The summed E-state index contributed by atoms with van der Waals surface area (Å²) in [5.41, 5.74) is 2.06. The third-order valence-corrected chi connectivity index (χ3v) is 5.09. The summed E-state index contributed by atoms with van der Waals surface area (Å²) in [5, 5.41) is 7.00. The molecule has 1 aromatic heterocycles. The van der Waals surface area contributed by atoms with Crippen molar-refractivity contribution in [1.82, 2.24) is 20.5 Å². The van der Waals surface area contributed by atoms with Crippen molar-refractivity contribution < 1.29 is 0 Å². The molecule has 1 atom stereocenters. The van der Waals surface area contributed by atoms with Crippen LogP contribution in [0.1, 0.15) is 50.4 Å². The number of aromatic nitrogens is 1. The third-order valence-electron chi connectivity index (χ3n) is 5.09. The van der Waals surface area contributed by atoms with Crippen LogP contribution in [-0.2, 0) is 6.54 Å². The minimum Gasteiger partial charge on any atom is -0.357 e. The van der Waals surface area contributed by atoms with Crippen LogP contribution in [0, 0.1) is 6.92 Å². The molecular weight excluding hydrogens is 425 g/mol. The predicted molar refractivity (Wildman–Crippen MR) is 115 cm³/mol. The Morgan fingerprint density at radius 1 is 1.28 bits per heavy atom. The standard InChI is InChI=1S/C19H31N5.HI/c1-3-20-19(21-13-16-8-6-7-15(2)22-16)23-17-11-12-24(14-17)18-9-4-5-10-18;/h6-8,17-18H,3-5,9-14H2,1-2H3,(H2,20,21,23);1H. The highest BCUT2D eigenvalue weighted by Crippen LogP contribution is 2.26. The molecule has 0 aromatic carbocycles. The number of nitrogens with zero attached hydrogens (tertiary/aromatic N) is 3. The molecule has 3 rings (SSSR count). The molecule has 25 heavy (non-hydrogen) atoms. The Morgan fingerprint density at radius 3 is 2.80 bits per heavy atom. The van der Waals surface area contributed by atoms with Crippen LogP contribution in [-0.4, -0.2) is 47.6 Å². The number of hydrogen-bond donors (Lipinski definition) is 2. The summed E-state index contributed by atoms with van der Waals surface area (Å²) in [4.78, 5) is 11.9. The summed E-state index contributed by atoms with van der Waals surface area (Å²) in [6.45, 7) is 8.01. The summed E-state index contributed by atoms with van der Waals surface area (Å²) in [6.07, 6.45) is 6.81. The van der Waals surface area contributed by atoms with Gasteiger partial charge in [0.05, 0.1) is 12.2 Å². The van der Waals surface area contributed by atoms with Crippen molar-refractivity contribution in [3.8, 4) is 0 Å². The molecule has 0 bridgehead atoms. The second kappa shape index (κ2) is 10.3. The first kappa shape index (κ1) is 20.4. The average Bonchev–Trinajstić information content (AvgIpc) is 3.24. The van der Waals surface area contributed by atoms with Gasteiger partial charge in [0, 0.05) is 37.4 Å². The number of aliphatic imine (C=N–C) groups is 1. The lowest BCUT2D eigenvalue weighted by Crippen LogP contribution is -2.45. The number of nitrogens with one attached hydrogen (secondary N) is 2. The Hall–Kier alpha value is -0.890. The van der Waals surface area contributed by atoms with E-state index >= 15 is 0 Å². The van der Waals surface area contributed by atoms with Crippen molar-refractivity contribution in [2.45, 2.75) is 64.6 Å². The maximum Gasteiger partial charge on any atom is 0.191 e. The summed E-state index contributed by atoms with van der Waals surface area (Å²) in [5.74, 6) is 0.916. The lowest BCUT2D eigenvalue weighted by atomic mass is 10.2. The minimum atomic E-state index is 0. The Balaban J connectivity index is 0.00000225. The van der Waals surface area contributed by atoms with E-state index in [1.165, 1.54) is 38.6 Å². The molecule has 2 aliphatic rings. The van der Waals surface area contributed by atoms with Gasteiger partial charge in [-0.25, -0.2) is 4.99 Å². The highest BCUT2D eigenvalue weighted by molar-refractivity contribution is 14.0. The van der Waals surface area contributed by atoms with Crippen molar-refractivity contribution in [3.63, 3.8) is 0 Å². The zero-order chi connectivity index (χ0) is 16.8. The van der Waals surface area contributed by atoms with Crippen molar-refractivity contribution in [2.24, 2.45) is 4.99 Å². The molecule has 1 saturated heterocycles. The van der Waals surface area contributed by atoms with Gasteiger partial charge in [-0.2, -0.15) is 0 Å². The quantitative estimate of drug-likeness (QED) is 0.406. The second-order valence-electron chi connectivity index (χ2n) is 7.03. The molecule has 2 fully saturated rings. The van der Waals surface area contributed by atoms with Gasteiger partial charge in [0.1, 0.15) is 0 Å². The fourth-order valence-electron chi connectivity index (χ4n) is 3.87. The number of guanidine groups is 1. The normalized spacial score (nSPS) is 22.0. The summed E-state index contributed by atoms with van der Waals surface area (Å²) >= 11 is 0. The van der Waals surface area contributed by atoms with Crippen LogP contribution in [0.25, 0.3) is 0 Å². The van der Waals surface area contributed by atoms with Gasteiger partial charge in [0.2, 0.25) is 0 Å². The van der Waals surface area contributed by atoms with Crippen molar-refractivity contribution >= 4 is 29.9 Å². The Kier molecular flexibility index (Phi) is 8.42. The van der Waals surface area contributed by atoms with Gasteiger partial charge in [-0.15, -0.1) is 24.0 Å². The molecule has 1 saturated carbocycles. The molecule has 0 radical (unpaired) electrons. The van der Waals surface area contributed by atoms with Crippen LogP contribution in [0.4, 0.5) is 0 Å². The first-order valence-electron chi connectivity index (χ1n) is 9.46. The summed E-state index contributed by atoms with van der Waals surface area (Å²) in [7, 11) is 0. The molecular formula is C19H32IN5. The van der Waals surface area contributed by atoms with Gasteiger partial charge in [0.25, 0.3) is 0 Å². The Morgan fingerprint density at radius 2 is 2.08 bits per heavy atom. The highest BCUT2D eigenvalue weighted by Gasteiger charge is 2.30. The molecule has 1 aromatic rings. The van der Waals surface area contributed by atoms with E-state index in [1.54, 1.807) is 0 Å². The fourth-order valence-corrected chi connectivity index (χ4v) is 3.87. The van der Waals surface area contributed by atoms with Gasteiger partial charge in [-0.05, 0) is 45.2 Å². The lowest BCUT2D eigenvalue weighted by molar-refractivity contribution is 0.242. The topological polar surface area (TPSA) is 52.6 Å². The van der Waals surface area contributed by atoms with E-state index < -0.39 is 0 Å². The molecule has 0 amide bonds. The maximum atomic E-state index is 4.72. The van der Waals surface area contributed by atoms with E-state index in [0.717, 1.165) is 36.5 Å². The molecule has 140 valence electrons. The zero-order valence-electron chi connectivity index (χ0n) is 15.5. The first-order valence-corrected chi connectivity index (χ1v) is 9.46. The van der Waals surface area contributed by atoms with Crippen molar-refractivity contribution in [2.75, 3.05) is 19.6 Å². The minimum absolute atomic E-state index is 0. The smallest absolute Gasteiger partial charge is 0.191 e. The van der Waals surface area contributed by atoms with Crippen LogP contribution >= 0.6 is 24.0 Å². The predicted octanol–water partition coefficient (Wildman–Crippen LogP) is 3.08. The molecule has 0 spiro atoms. The lowest BCUT2D eigenvalue weighted by Gasteiger charge is -2.24. The van der Waals surface area contributed by atoms with Crippen LogP contribution in [0.3, 0.4) is 0 Å². The highest BCUT2D eigenvalue weighted by atomic mass is 127. The van der Waals surface area contributed by atoms with Crippen LogP contribution in [0.2, 0.25) is 0 Å². The van der Waals surface area contributed by atoms with Crippen LogP contribution in [0.15, 0.2) is 23.2 Å². The van der Waals surface area contributed by atoms with Crippen molar-refractivity contribution in [1.29, 1.82) is 0 Å². The van der Waals surface area contributed by atoms with Gasteiger partial charge < -0.3 is 10.6 Å². The van der Waals surface area contributed by atoms with Crippen molar-refractivity contribution in [3.05, 3.63) is 29.6 Å². The van der Waals surface area contributed by atoms with Crippen LogP contribution in [0.5, 0.6) is 0 Å². The number of pyridine rings is 1. The van der Waals surface area contributed by atoms with E-state index in [9.17, 15) is 0 Å². The Bertz CT molecular complexity index is 557. The third kappa shape index (κ3) is 6.09. The van der Waals surface area contributed by atoms with E-state index in [-0.39, 0.29) is 24.0 Å². The molecule has 5 nitrogen and oxygen atoms in total. The maximum absolute atomic E-state index is 4.72. The summed E-state index contributed by atoms with van der Waals surface area (Å²) in [6, 6.07) is 7.44.